The monoisotopic (exact) mass is 629 g/mol. The number of hydrogen-bond donors (Lipinski definition) is 2. The Labute approximate surface area is 246 Å². The summed E-state index contributed by atoms with van der Waals surface area (Å²) in [6.45, 7) is 1.24. The molecule has 2 N–H and O–H groups in total. The number of rotatable bonds is 11. The number of alkyl halides is 2. The maximum Gasteiger partial charge on any atom is 0.461 e. The lowest BCUT2D eigenvalue weighted by Crippen LogP contribution is -2.42. The Bertz CT molecular complexity index is 1410. The number of aromatic nitrogens is 2. The predicted octanol–water partition coefficient (Wildman–Crippen LogP) is 1.87. The SMILES string of the molecule is COC(=O)[C@H](C)N(C)P(=O)(OC[C@H]1O[C@@H](n2ccc(NC(=O)[C@@H]3CCCN3C)nc2=O)C(F)(F)[C@@H]1O)Oc1ccccc1. The van der Waals surface area contributed by atoms with Crippen LogP contribution in [-0.4, -0.2) is 101 Å². The number of esters is 1. The molecule has 0 bridgehead atoms. The Hall–Kier alpha value is -3.27. The summed E-state index contributed by atoms with van der Waals surface area (Å²) in [4.78, 5) is 42.9. The van der Waals surface area contributed by atoms with Gasteiger partial charge >= 0.3 is 25.3 Å². The Morgan fingerprint density at radius 2 is 2.00 bits per heavy atom. The van der Waals surface area contributed by atoms with Gasteiger partial charge in [-0.05, 0) is 58.6 Å². The minimum Gasteiger partial charge on any atom is -0.468 e. The number of para-hydroxylation sites is 1. The van der Waals surface area contributed by atoms with Gasteiger partial charge in [-0.25, -0.2) is 9.36 Å². The number of hydrogen-bond acceptors (Lipinski definition) is 11. The first-order valence-corrected chi connectivity index (χ1v) is 14.9. The fourth-order valence-corrected chi connectivity index (χ4v) is 6.32. The first-order valence-electron chi connectivity index (χ1n) is 13.4. The van der Waals surface area contributed by atoms with Crippen molar-refractivity contribution >= 4 is 25.4 Å². The summed E-state index contributed by atoms with van der Waals surface area (Å²) >= 11 is 0. The van der Waals surface area contributed by atoms with Crippen LogP contribution in [0.1, 0.15) is 26.0 Å². The van der Waals surface area contributed by atoms with E-state index in [1.54, 1.807) is 25.2 Å². The topological polar surface area (TPSA) is 162 Å². The molecule has 1 unspecified atom stereocenters. The molecule has 0 saturated carbocycles. The van der Waals surface area contributed by atoms with Crippen LogP contribution in [0.4, 0.5) is 14.6 Å². The third-order valence-corrected chi connectivity index (χ3v) is 9.43. The van der Waals surface area contributed by atoms with Crippen molar-refractivity contribution in [3.63, 3.8) is 0 Å². The minimum absolute atomic E-state index is 0.0928. The molecule has 6 atom stereocenters. The van der Waals surface area contributed by atoms with Crippen molar-refractivity contribution in [1.29, 1.82) is 0 Å². The number of likely N-dealkylation sites (N-methyl/N-ethyl adjacent to an activating group) is 2. The van der Waals surface area contributed by atoms with E-state index in [0.29, 0.717) is 11.0 Å². The molecule has 2 aliphatic heterocycles. The molecule has 4 rings (SSSR count). The number of benzene rings is 1. The standard InChI is InChI=1S/C26H34F2N5O9P/c1-16(23(36)39-4)32(3)43(38,42-17-9-6-5-7-10-17)40-15-19-21(34)26(27,28)24(41-19)33-14-12-20(30-25(33)37)29-22(35)18-11-8-13-31(18)2/h5-7,9-10,12,14,16,18-19,21,24,34H,8,11,13,15H2,1-4H3,(H,29,30,35,37)/t16-,18-,19+,21+,24+,43?/m0/s1. The normalized spacial score (nSPS) is 25.7. The maximum atomic E-state index is 15.2. The molecule has 2 aromatic rings. The van der Waals surface area contributed by atoms with E-state index in [4.69, 9.17) is 18.5 Å². The molecule has 43 heavy (non-hydrogen) atoms. The van der Waals surface area contributed by atoms with Crippen LogP contribution in [0.15, 0.2) is 47.4 Å². The molecular formula is C26H34F2N5O9P. The molecule has 236 valence electrons. The number of aliphatic hydroxyl groups is 1. The van der Waals surface area contributed by atoms with Crippen LogP contribution >= 0.6 is 7.75 Å². The molecule has 3 heterocycles. The van der Waals surface area contributed by atoms with Crippen molar-refractivity contribution in [3.8, 4) is 5.75 Å². The van der Waals surface area contributed by atoms with Crippen molar-refractivity contribution in [1.82, 2.24) is 19.1 Å². The van der Waals surface area contributed by atoms with Gasteiger partial charge in [-0.2, -0.15) is 18.4 Å². The van der Waals surface area contributed by atoms with E-state index in [-0.39, 0.29) is 17.5 Å². The van der Waals surface area contributed by atoms with E-state index in [0.717, 1.165) is 37.0 Å². The largest absolute Gasteiger partial charge is 0.468 e. The number of nitrogens with one attached hydrogen (secondary N) is 1. The zero-order chi connectivity index (χ0) is 31.5. The quantitative estimate of drug-likeness (QED) is 0.275. The summed E-state index contributed by atoms with van der Waals surface area (Å²) in [5.41, 5.74) is -1.17. The first kappa shape index (κ1) is 32.6. The molecule has 2 fully saturated rings. The fraction of sp³-hybridized carbons (Fsp3) is 0.538. The van der Waals surface area contributed by atoms with Gasteiger partial charge in [0.2, 0.25) is 12.1 Å². The van der Waals surface area contributed by atoms with Crippen molar-refractivity contribution in [2.24, 2.45) is 0 Å². The number of likely N-dealkylation sites (tertiary alicyclic amines) is 1. The fourth-order valence-electron chi connectivity index (χ4n) is 4.72. The van der Waals surface area contributed by atoms with Crippen LogP contribution in [0, 0.1) is 0 Å². The second-order valence-electron chi connectivity index (χ2n) is 10.2. The predicted molar refractivity (Wildman–Crippen MR) is 148 cm³/mol. The lowest BCUT2D eigenvalue weighted by Gasteiger charge is -2.31. The van der Waals surface area contributed by atoms with E-state index in [1.807, 2.05) is 4.90 Å². The zero-order valence-corrected chi connectivity index (χ0v) is 24.9. The van der Waals surface area contributed by atoms with Gasteiger partial charge in [-0.1, -0.05) is 18.2 Å². The molecule has 1 aromatic heterocycles. The van der Waals surface area contributed by atoms with E-state index < -0.39 is 62.5 Å². The number of methoxy groups -OCH3 is 1. The summed E-state index contributed by atoms with van der Waals surface area (Å²) < 4.78 is 66.8. The van der Waals surface area contributed by atoms with Gasteiger partial charge < -0.3 is 24.4 Å². The maximum absolute atomic E-state index is 15.2. The third kappa shape index (κ3) is 6.95. The molecule has 0 radical (unpaired) electrons. The lowest BCUT2D eigenvalue weighted by atomic mass is 10.1. The Morgan fingerprint density at radius 1 is 1.30 bits per heavy atom. The van der Waals surface area contributed by atoms with E-state index in [9.17, 15) is 24.1 Å². The number of halogens is 2. The summed E-state index contributed by atoms with van der Waals surface area (Å²) in [6, 6.07) is 7.41. The molecule has 17 heteroatoms. The molecule has 0 aliphatic carbocycles. The Morgan fingerprint density at radius 3 is 2.60 bits per heavy atom. The molecule has 1 amide bonds. The van der Waals surface area contributed by atoms with Crippen LogP contribution in [0.3, 0.4) is 0 Å². The summed E-state index contributed by atoms with van der Waals surface area (Å²) in [5.74, 6) is -5.20. The second-order valence-corrected chi connectivity index (χ2v) is 12.2. The number of anilines is 1. The van der Waals surface area contributed by atoms with Crippen molar-refractivity contribution < 1.29 is 46.6 Å². The summed E-state index contributed by atoms with van der Waals surface area (Å²) in [5, 5.41) is 13.0. The van der Waals surface area contributed by atoms with Gasteiger partial charge in [0.1, 0.15) is 23.7 Å². The molecule has 14 nitrogen and oxygen atoms in total. The van der Waals surface area contributed by atoms with Crippen molar-refractivity contribution in [3.05, 3.63) is 53.1 Å². The van der Waals surface area contributed by atoms with E-state index in [2.05, 4.69) is 10.3 Å². The average molecular weight is 630 g/mol. The highest BCUT2D eigenvalue weighted by atomic mass is 31.2. The highest BCUT2D eigenvalue weighted by Crippen LogP contribution is 2.53. The van der Waals surface area contributed by atoms with Gasteiger partial charge in [0.25, 0.3) is 0 Å². The Kier molecular flexibility index (Phi) is 9.99. The molecular weight excluding hydrogens is 595 g/mol. The van der Waals surface area contributed by atoms with Gasteiger partial charge in [-0.3, -0.25) is 23.6 Å². The van der Waals surface area contributed by atoms with Gasteiger partial charge in [0.05, 0.1) is 19.8 Å². The number of nitrogens with zero attached hydrogens (tertiary/aromatic N) is 4. The molecule has 2 saturated heterocycles. The van der Waals surface area contributed by atoms with Gasteiger partial charge in [0, 0.05) is 6.20 Å². The lowest BCUT2D eigenvalue weighted by molar-refractivity contribution is -0.144. The van der Waals surface area contributed by atoms with Crippen LogP contribution < -0.4 is 15.5 Å². The van der Waals surface area contributed by atoms with Crippen LogP contribution in [-0.2, 0) is 28.2 Å². The summed E-state index contributed by atoms with van der Waals surface area (Å²) in [7, 11) is -0.263. The van der Waals surface area contributed by atoms with Gasteiger partial charge in [0.15, 0.2) is 6.10 Å². The van der Waals surface area contributed by atoms with E-state index >= 15 is 8.78 Å². The number of amides is 1. The van der Waals surface area contributed by atoms with Crippen molar-refractivity contribution in [2.45, 2.75) is 56.2 Å². The Balaban J connectivity index is 1.50. The summed E-state index contributed by atoms with van der Waals surface area (Å²) in [6.07, 6.45) is -4.15. The second kappa shape index (κ2) is 13.2. The van der Waals surface area contributed by atoms with E-state index in [1.165, 1.54) is 26.1 Å². The zero-order valence-electron chi connectivity index (χ0n) is 24.0. The van der Waals surface area contributed by atoms with Crippen LogP contribution in [0.2, 0.25) is 0 Å². The minimum atomic E-state index is -4.44. The molecule has 2 aliphatic rings. The number of carbonyl (C=O) groups is 2. The van der Waals surface area contributed by atoms with Crippen LogP contribution in [0.5, 0.6) is 5.75 Å². The number of aliphatic hydroxyl groups excluding tert-OH is 1. The van der Waals surface area contributed by atoms with Crippen molar-refractivity contribution in [2.75, 3.05) is 39.7 Å². The average Bonchev–Trinajstić information content (AvgIpc) is 3.51. The highest BCUT2D eigenvalue weighted by molar-refractivity contribution is 7.51. The number of ether oxygens (including phenoxy) is 2. The molecule has 0 spiro atoms. The first-order chi connectivity index (χ1) is 20.3. The molecule has 1 aromatic carbocycles. The van der Waals surface area contributed by atoms with Gasteiger partial charge in [-0.15, -0.1) is 0 Å². The third-order valence-electron chi connectivity index (χ3n) is 7.39. The highest BCUT2D eigenvalue weighted by Gasteiger charge is 2.60. The smallest absolute Gasteiger partial charge is 0.461 e. The van der Waals surface area contributed by atoms with Crippen LogP contribution in [0.25, 0.3) is 0 Å². The number of carbonyl (C=O) groups excluding carboxylic acids is 2.